The van der Waals surface area contributed by atoms with Crippen molar-refractivity contribution in [2.24, 2.45) is 10.1 Å². The molecule has 1 aliphatic rings. The van der Waals surface area contributed by atoms with Gasteiger partial charge < -0.3 is 9.47 Å². The summed E-state index contributed by atoms with van der Waals surface area (Å²) >= 11 is 4.69. The van der Waals surface area contributed by atoms with Gasteiger partial charge in [-0.25, -0.2) is 14.1 Å². The van der Waals surface area contributed by atoms with Crippen LogP contribution in [0.3, 0.4) is 0 Å². The minimum absolute atomic E-state index is 0.00819. The Morgan fingerprint density at radius 2 is 1.85 bits per heavy atom. The molecule has 4 aromatic rings. The Hall–Kier alpha value is -3.83. The normalized spacial score (nSPS) is 13.1. The average Bonchev–Trinajstić information content (AvgIpc) is 3.45. The number of nitro benzene ring substituents is 1. The van der Waals surface area contributed by atoms with Crippen LogP contribution in [-0.2, 0) is 0 Å². The van der Waals surface area contributed by atoms with Gasteiger partial charge in [-0.2, -0.15) is 5.10 Å². The molecule has 0 N–H and O–H groups in total. The molecule has 0 atom stereocenters. The number of benzene rings is 3. The van der Waals surface area contributed by atoms with Gasteiger partial charge in [-0.1, -0.05) is 40.2 Å². The summed E-state index contributed by atoms with van der Waals surface area (Å²) in [6, 6.07) is 16.5. The Labute approximate surface area is 204 Å². The van der Waals surface area contributed by atoms with Gasteiger partial charge in [0.15, 0.2) is 11.5 Å². The molecule has 0 radical (unpaired) electrons. The number of aromatic nitrogens is 1. The predicted molar refractivity (Wildman–Crippen MR) is 129 cm³/mol. The SMILES string of the molecule is O=[N+]([O-])c1cc2c(cc1C=Nn1c(-c3ccc(Br)cc3)csc1=Nc1ccccc1F)OCO2. The molecule has 5 rings (SSSR count). The van der Waals surface area contributed by atoms with E-state index in [-0.39, 0.29) is 23.7 Å². The molecule has 1 aromatic heterocycles. The number of rotatable bonds is 5. The predicted octanol–water partition coefficient (Wildman–Crippen LogP) is 5.87. The van der Waals surface area contributed by atoms with Gasteiger partial charge >= 0.3 is 0 Å². The van der Waals surface area contributed by atoms with E-state index in [1.807, 2.05) is 29.6 Å². The fourth-order valence-corrected chi connectivity index (χ4v) is 4.40. The van der Waals surface area contributed by atoms with Crippen LogP contribution in [0.25, 0.3) is 11.3 Å². The number of nitro groups is 1. The summed E-state index contributed by atoms with van der Waals surface area (Å²) in [4.78, 5) is 15.9. The fraction of sp³-hybridized carbons (Fsp3) is 0.0435. The maximum Gasteiger partial charge on any atom is 0.282 e. The molecule has 3 aromatic carbocycles. The summed E-state index contributed by atoms with van der Waals surface area (Å²) in [5.41, 5.74) is 1.73. The highest BCUT2D eigenvalue weighted by atomic mass is 79.9. The third-order valence-electron chi connectivity index (χ3n) is 4.92. The van der Waals surface area contributed by atoms with Crippen molar-refractivity contribution in [3.8, 4) is 22.8 Å². The molecule has 170 valence electrons. The number of ether oxygens (including phenoxy) is 2. The Kier molecular flexibility index (Phi) is 5.95. The van der Waals surface area contributed by atoms with E-state index in [9.17, 15) is 14.5 Å². The number of hydrogen-bond donors (Lipinski definition) is 0. The third-order valence-corrected chi connectivity index (χ3v) is 6.27. The van der Waals surface area contributed by atoms with E-state index < -0.39 is 10.7 Å². The second kappa shape index (κ2) is 9.20. The topological polar surface area (TPSA) is 91.2 Å². The second-order valence-corrected chi connectivity index (χ2v) is 8.80. The van der Waals surface area contributed by atoms with Gasteiger partial charge in [0.1, 0.15) is 11.5 Å². The van der Waals surface area contributed by atoms with Crippen LogP contribution >= 0.6 is 27.3 Å². The molecule has 0 amide bonds. The summed E-state index contributed by atoms with van der Waals surface area (Å²) in [5, 5.41) is 18.0. The minimum Gasteiger partial charge on any atom is -0.454 e. The van der Waals surface area contributed by atoms with Gasteiger partial charge in [0.25, 0.3) is 5.69 Å². The Morgan fingerprint density at radius 3 is 2.59 bits per heavy atom. The van der Waals surface area contributed by atoms with Crippen LogP contribution < -0.4 is 14.3 Å². The van der Waals surface area contributed by atoms with E-state index in [4.69, 9.17) is 9.47 Å². The van der Waals surface area contributed by atoms with Gasteiger partial charge in [0.05, 0.1) is 28.5 Å². The molecule has 8 nitrogen and oxygen atoms in total. The zero-order valence-electron chi connectivity index (χ0n) is 17.2. The average molecular weight is 541 g/mol. The first-order valence-corrected chi connectivity index (χ1v) is 11.5. The van der Waals surface area contributed by atoms with Crippen LogP contribution in [0.1, 0.15) is 5.56 Å². The largest absolute Gasteiger partial charge is 0.454 e. The quantitative estimate of drug-likeness (QED) is 0.180. The first-order chi connectivity index (χ1) is 16.5. The maximum absolute atomic E-state index is 14.3. The van der Waals surface area contributed by atoms with Crippen LogP contribution in [0.4, 0.5) is 15.8 Å². The summed E-state index contributed by atoms with van der Waals surface area (Å²) in [7, 11) is 0. The van der Waals surface area contributed by atoms with Crippen molar-refractivity contribution in [1.29, 1.82) is 0 Å². The Bertz CT molecular complexity index is 1500. The highest BCUT2D eigenvalue weighted by Crippen LogP contribution is 2.37. The van der Waals surface area contributed by atoms with Crippen LogP contribution in [-0.4, -0.2) is 22.6 Å². The molecule has 0 spiro atoms. The summed E-state index contributed by atoms with van der Waals surface area (Å²) in [6.45, 7) is -0.00819. The van der Waals surface area contributed by atoms with Crippen LogP contribution in [0, 0.1) is 15.9 Å². The van der Waals surface area contributed by atoms with Gasteiger partial charge in [-0.05, 0) is 30.3 Å². The molecule has 0 saturated carbocycles. The first kappa shape index (κ1) is 22.0. The number of thiazole rings is 1. The Morgan fingerprint density at radius 1 is 1.12 bits per heavy atom. The van der Waals surface area contributed by atoms with Crippen LogP contribution in [0.5, 0.6) is 11.5 Å². The van der Waals surface area contributed by atoms with E-state index in [1.54, 1.807) is 18.2 Å². The Balaban J connectivity index is 1.66. The molecule has 0 fully saturated rings. The number of fused-ring (bicyclic) bond motifs is 1. The van der Waals surface area contributed by atoms with Crippen LogP contribution in [0.15, 0.2) is 80.6 Å². The number of para-hydroxylation sites is 1. The molecule has 0 bridgehead atoms. The lowest BCUT2D eigenvalue weighted by molar-refractivity contribution is -0.385. The molecule has 11 heteroatoms. The van der Waals surface area contributed by atoms with Gasteiger partial charge in [-0.15, -0.1) is 11.3 Å². The fourth-order valence-electron chi connectivity index (χ4n) is 3.28. The lowest BCUT2D eigenvalue weighted by atomic mass is 10.1. The van der Waals surface area contributed by atoms with Crippen molar-refractivity contribution in [3.63, 3.8) is 0 Å². The van der Waals surface area contributed by atoms with Crippen LogP contribution in [0.2, 0.25) is 0 Å². The smallest absolute Gasteiger partial charge is 0.282 e. The van der Waals surface area contributed by atoms with Crippen molar-refractivity contribution in [2.75, 3.05) is 6.79 Å². The van der Waals surface area contributed by atoms with Gasteiger partial charge in [-0.3, -0.25) is 10.1 Å². The van der Waals surface area contributed by atoms with Gasteiger partial charge in [0.2, 0.25) is 11.6 Å². The number of hydrogen-bond acceptors (Lipinski definition) is 7. The summed E-state index contributed by atoms with van der Waals surface area (Å²) in [5.74, 6) is 0.229. The van der Waals surface area contributed by atoms with E-state index in [2.05, 4.69) is 26.0 Å². The minimum atomic E-state index is -0.512. The zero-order valence-corrected chi connectivity index (χ0v) is 19.6. The number of halogens is 2. The highest BCUT2D eigenvalue weighted by Gasteiger charge is 2.22. The monoisotopic (exact) mass is 540 g/mol. The standard InChI is InChI=1S/C23H14BrFN4O4S/c24-16-7-5-14(6-8-16)20-12-34-23(27-18-4-2-1-3-17(18)25)28(20)26-11-15-9-21-22(33-13-32-21)10-19(15)29(30)31/h1-12H,13H2. The molecular formula is C23H14BrFN4O4S. The molecular weight excluding hydrogens is 527 g/mol. The third kappa shape index (κ3) is 4.35. The van der Waals surface area contributed by atoms with Crippen molar-refractivity contribution >= 4 is 44.9 Å². The zero-order chi connectivity index (χ0) is 23.7. The molecule has 1 aliphatic heterocycles. The van der Waals surface area contributed by atoms with E-state index in [1.165, 1.54) is 40.4 Å². The lowest BCUT2D eigenvalue weighted by Crippen LogP contribution is -2.12. The van der Waals surface area contributed by atoms with Crippen molar-refractivity contribution in [1.82, 2.24) is 4.68 Å². The van der Waals surface area contributed by atoms with Gasteiger partial charge in [0, 0.05) is 15.4 Å². The maximum atomic E-state index is 14.3. The summed E-state index contributed by atoms with van der Waals surface area (Å²) in [6.07, 6.45) is 1.36. The van der Waals surface area contributed by atoms with E-state index in [0.717, 1.165) is 10.0 Å². The number of nitrogens with zero attached hydrogens (tertiary/aromatic N) is 4. The van der Waals surface area contributed by atoms with Crippen molar-refractivity contribution in [3.05, 3.63) is 96.8 Å². The summed E-state index contributed by atoms with van der Waals surface area (Å²) < 4.78 is 27.3. The molecule has 0 aliphatic carbocycles. The molecule has 0 unspecified atom stereocenters. The molecule has 0 saturated heterocycles. The second-order valence-electron chi connectivity index (χ2n) is 7.05. The van der Waals surface area contributed by atoms with E-state index >= 15 is 0 Å². The first-order valence-electron chi connectivity index (χ1n) is 9.88. The molecule has 2 heterocycles. The highest BCUT2D eigenvalue weighted by molar-refractivity contribution is 9.10. The van der Waals surface area contributed by atoms with E-state index in [0.29, 0.717) is 22.0 Å². The van der Waals surface area contributed by atoms with Crippen molar-refractivity contribution < 1.29 is 18.8 Å². The lowest BCUT2D eigenvalue weighted by Gasteiger charge is -2.05. The molecule has 34 heavy (non-hydrogen) atoms. The van der Waals surface area contributed by atoms with Crippen molar-refractivity contribution in [2.45, 2.75) is 0 Å².